The molecular weight excluding hydrogens is 280 g/mol. The highest BCUT2D eigenvalue weighted by Crippen LogP contribution is 2.20. The standard InChI is InChI=1S/C16H18N4O2/c1-16(2,3)13-15(22)20-14(18-17-13)12(21)10-19(20)9-11-7-5-4-6-8-11/h4-8,10,21H,9H2,1-3H3. The predicted octanol–water partition coefficient (Wildman–Crippen LogP) is 1.94. The van der Waals surface area contributed by atoms with E-state index < -0.39 is 5.41 Å². The van der Waals surface area contributed by atoms with Gasteiger partial charge in [0.2, 0.25) is 5.65 Å². The van der Waals surface area contributed by atoms with Gasteiger partial charge in [-0.05, 0) is 5.56 Å². The Bertz CT molecular complexity index is 873. The van der Waals surface area contributed by atoms with E-state index in [1.54, 1.807) is 4.68 Å². The van der Waals surface area contributed by atoms with Gasteiger partial charge in [0.05, 0.1) is 12.7 Å². The number of aromatic hydroxyl groups is 1. The molecular formula is C16H18N4O2. The highest BCUT2D eigenvalue weighted by atomic mass is 16.3. The van der Waals surface area contributed by atoms with Crippen LogP contribution in [0, 0.1) is 0 Å². The minimum absolute atomic E-state index is 0.0546. The summed E-state index contributed by atoms with van der Waals surface area (Å²) in [6, 6.07) is 9.73. The van der Waals surface area contributed by atoms with Gasteiger partial charge in [-0.25, -0.2) is 0 Å². The Kier molecular flexibility index (Phi) is 3.24. The zero-order valence-electron chi connectivity index (χ0n) is 12.8. The van der Waals surface area contributed by atoms with Crippen molar-refractivity contribution in [1.29, 1.82) is 0 Å². The minimum atomic E-state index is -0.414. The van der Waals surface area contributed by atoms with E-state index in [9.17, 15) is 9.90 Å². The largest absolute Gasteiger partial charge is 0.503 e. The van der Waals surface area contributed by atoms with Gasteiger partial charge in [-0.3, -0.25) is 9.48 Å². The van der Waals surface area contributed by atoms with Crippen molar-refractivity contribution in [2.24, 2.45) is 0 Å². The zero-order valence-corrected chi connectivity index (χ0v) is 12.8. The first-order valence-corrected chi connectivity index (χ1v) is 7.10. The number of hydrogen-bond acceptors (Lipinski definition) is 4. The Morgan fingerprint density at radius 1 is 1.14 bits per heavy atom. The van der Waals surface area contributed by atoms with E-state index in [4.69, 9.17) is 0 Å². The molecule has 0 saturated carbocycles. The molecule has 0 radical (unpaired) electrons. The summed E-state index contributed by atoms with van der Waals surface area (Å²) in [6.45, 7) is 6.20. The molecule has 0 fully saturated rings. The van der Waals surface area contributed by atoms with Crippen LogP contribution >= 0.6 is 0 Å². The highest BCUT2D eigenvalue weighted by Gasteiger charge is 2.24. The van der Waals surface area contributed by atoms with Crippen molar-refractivity contribution in [3.8, 4) is 5.75 Å². The van der Waals surface area contributed by atoms with Crippen molar-refractivity contribution >= 4 is 5.65 Å². The molecule has 0 aliphatic rings. The van der Waals surface area contributed by atoms with Crippen LogP contribution < -0.4 is 5.56 Å². The van der Waals surface area contributed by atoms with E-state index >= 15 is 0 Å². The molecule has 2 heterocycles. The summed E-state index contributed by atoms with van der Waals surface area (Å²) in [5, 5.41) is 18.0. The van der Waals surface area contributed by atoms with E-state index in [1.165, 1.54) is 10.7 Å². The van der Waals surface area contributed by atoms with Crippen LogP contribution in [-0.4, -0.2) is 24.5 Å². The van der Waals surface area contributed by atoms with Gasteiger partial charge in [-0.1, -0.05) is 51.1 Å². The van der Waals surface area contributed by atoms with Crippen molar-refractivity contribution in [3.05, 3.63) is 58.1 Å². The number of aromatic nitrogens is 4. The third-order valence-corrected chi connectivity index (χ3v) is 3.50. The summed E-state index contributed by atoms with van der Waals surface area (Å²) in [5.74, 6) is -0.0546. The lowest BCUT2D eigenvalue weighted by molar-refractivity contribution is 0.477. The Morgan fingerprint density at radius 2 is 1.82 bits per heavy atom. The molecule has 114 valence electrons. The van der Waals surface area contributed by atoms with Crippen LogP contribution in [0.25, 0.3) is 5.65 Å². The number of nitrogens with zero attached hydrogens (tertiary/aromatic N) is 4. The number of rotatable bonds is 2. The normalized spacial score (nSPS) is 12.0. The smallest absolute Gasteiger partial charge is 0.295 e. The first-order valence-electron chi connectivity index (χ1n) is 7.10. The molecule has 0 unspecified atom stereocenters. The monoisotopic (exact) mass is 298 g/mol. The lowest BCUT2D eigenvalue weighted by atomic mass is 9.93. The van der Waals surface area contributed by atoms with E-state index in [0.29, 0.717) is 12.2 Å². The van der Waals surface area contributed by atoms with Crippen LogP contribution in [0.15, 0.2) is 41.3 Å². The average Bonchev–Trinajstić information content (AvgIpc) is 2.76. The maximum Gasteiger partial charge on any atom is 0.295 e. The Hall–Kier alpha value is -2.63. The van der Waals surface area contributed by atoms with E-state index in [-0.39, 0.29) is 17.0 Å². The summed E-state index contributed by atoms with van der Waals surface area (Å²) in [5.41, 5.74) is 0.906. The highest BCUT2D eigenvalue weighted by molar-refractivity contribution is 5.50. The maximum atomic E-state index is 12.7. The van der Waals surface area contributed by atoms with Crippen LogP contribution in [0.3, 0.4) is 0 Å². The van der Waals surface area contributed by atoms with Gasteiger partial charge in [0.1, 0.15) is 5.69 Å². The van der Waals surface area contributed by atoms with Crippen LogP contribution in [0.5, 0.6) is 5.75 Å². The van der Waals surface area contributed by atoms with Crippen LogP contribution in [-0.2, 0) is 12.0 Å². The second-order valence-corrected chi connectivity index (χ2v) is 6.34. The molecule has 0 amide bonds. The Labute approximate surface area is 127 Å². The lowest BCUT2D eigenvalue weighted by Crippen LogP contribution is -2.32. The molecule has 3 aromatic rings. The van der Waals surface area contributed by atoms with E-state index in [0.717, 1.165) is 5.56 Å². The first-order chi connectivity index (χ1) is 10.4. The second kappa shape index (κ2) is 4.98. The van der Waals surface area contributed by atoms with Crippen molar-refractivity contribution < 1.29 is 5.11 Å². The SMILES string of the molecule is CC(C)(C)c1nnc2c(O)cn(Cc3ccccc3)n2c1=O. The molecule has 2 aromatic heterocycles. The fourth-order valence-corrected chi connectivity index (χ4v) is 2.39. The quantitative estimate of drug-likeness (QED) is 0.785. The molecule has 0 bridgehead atoms. The molecule has 0 aliphatic heterocycles. The number of fused-ring (bicyclic) bond motifs is 1. The van der Waals surface area contributed by atoms with Crippen LogP contribution in [0.2, 0.25) is 0 Å². The van der Waals surface area contributed by atoms with Gasteiger partial charge in [0, 0.05) is 5.41 Å². The lowest BCUT2D eigenvalue weighted by Gasteiger charge is -2.16. The molecule has 1 N–H and O–H groups in total. The van der Waals surface area contributed by atoms with Crippen molar-refractivity contribution in [3.63, 3.8) is 0 Å². The van der Waals surface area contributed by atoms with Crippen LogP contribution in [0.1, 0.15) is 32.0 Å². The fraction of sp³-hybridized carbons (Fsp3) is 0.312. The Morgan fingerprint density at radius 3 is 2.45 bits per heavy atom. The summed E-state index contributed by atoms with van der Waals surface area (Å²) in [7, 11) is 0. The van der Waals surface area contributed by atoms with Gasteiger partial charge in [0.25, 0.3) is 5.56 Å². The van der Waals surface area contributed by atoms with Crippen molar-refractivity contribution in [1.82, 2.24) is 19.4 Å². The predicted molar refractivity (Wildman–Crippen MR) is 83.2 cm³/mol. The average molecular weight is 298 g/mol. The summed E-state index contributed by atoms with van der Waals surface area (Å²) in [4.78, 5) is 12.7. The van der Waals surface area contributed by atoms with Gasteiger partial charge in [-0.15, -0.1) is 10.2 Å². The molecule has 0 atom stereocenters. The molecule has 0 saturated heterocycles. The topological polar surface area (TPSA) is 72.4 Å². The molecule has 22 heavy (non-hydrogen) atoms. The number of hydrogen-bond donors (Lipinski definition) is 1. The van der Waals surface area contributed by atoms with Crippen molar-refractivity contribution in [2.45, 2.75) is 32.7 Å². The van der Waals surface area contributed by atoms with Gasteiger partial charge >= 0.3 is 0 Å². The summed E-state index contributed by atoms with van der Waals surface area (Å²) in [6.07, 6.45) is 1.50. The molecule has 6 heteroatoms. The summed E-state index contributed by atoms with van der Waals surface area (Å²) < 4.78 is 3.04. The molecule has 1 aromatic carbocycles. The first kappa shape index (κ1) is 14.3. The zero-order chi connectivity index (χ0) is 15.9. The molecule has 6 nitrogen and oxygen atoms in total. The van der Waals surface area contributed by atoms with E-state index in [2.05, 4.69) is 10.2 Å². The van der Waals surface area contributed by atoms with Gasteiger partial charge < -0.3 is 5.11 Å². The van der Waals surface area contributed by atoms with Gasteiger partial charge in [-0.2, -0.15) is 4.52 Å². The molecule has 3 rings (SSSR count). The van der Waals surface area contributed by atoms with Crippen LogP contribution in [0.4, 0.5) is 0 Å². The Balaban J connectivity index is 2.21. The third-order valence-electron chi connectivity index (χ3n) is 3.50. The fourth-order valence-electron chi connectivity index (χ4n) is 2.39. The van der Waals surface area contributed by atoms with E-state index in [1.807, 2.05) is 51.1 Å². The van der Waals surface area contributed by atoms with Crippen molar-refractivity contribution in [2.75, 3.05) is 0 Å². The minimum Gasteiger partial charge on any atom is -0.503 e. The molecule has 0 spiro atoms. The summed E-state index contributed by atoms with van der Waals surface area (Å²) >= 11 is 0. The maximum absolute atomic E-state index is 12.7. The van der Waals surface area contributed by atoms with Gasteiger partial charge in [0.15, 0.2) is 5.75 Å². The third kappa shape index (κ3) is 2.36. The number of benzene rings is 1. The second-order valence-electron chi connectivity index (χ2n) is 6.34. The molecule has 0 aliphatic carbocycles.